The van der Waals surface area contributed by atoms with Crippen LogP contribution in [-0.2, 0) is 9.53 Å². The molecule has 1 N–H and O–H groups in total. The van der Waals surface area contributed by atoms with Gasteiger partial charge in [0.2, 0.25) is 0 Å². The highest BCUT2D eigenvalue weighted by molar-refractivity contribution is 5.97. The summed E-state index contributed by atoms with van der Waals surface area (Å²) >= 11 is 0. The lowest BCUT2D eigenvalue weighted by Crippen LogP contribution is -2.42. The first-order valence-corrected chi connectivity index (χ1v) is 8.79. The monoisotopic (exact) mass is 319 g/mol. The lowest BCUT2D eigenvalue weighted by molar-refractivity contribution is -0.139. The molecule has 0 heterocycles. The number of amides is 1. The van der Waals surface area contributed by atoms with Crippen molar-refractivity contribution in [3.63, 3.8) is 0 Å². The maximum Gasteiger partial charge on any atom is 0.256 e. The van der Waals surface area contributed by atoms with E-state index in [1.165, 1.54) is 12.8 Å². The first kappa shape index (κ1) is 17.8. The van der Waals surface area contributed by atoms with Gasteiger partial charge in [0, 0.05) is 12.3 Å². The van der Waals surface area contributed by atoms with Crippen molar-refractivity contribution in [2.75, 3.05) is 11.9 Å². The van der Waals surface area contributed by atoms with Crippen LogP contribution >= 0.6 is 0 Å². The topological polar surface area (TPSA) is 47.6 Å². The maximum atomic E-state index is 12.5. The predicted molar refractivity (Wildman–Crippen MR) is 92.9 cm³/mol. The molecule has 128 valence electrons. The Labute approximate surface area is 139 Å². The summed E-state index contributed by atoms with van der Waals surface area (Å²) in [6, 6.07) is 7.62. The summed E-state index contributed by atoms with van der Waals surface area (Å²) in [6.45, 7) is 6.35. The van der Waals surface area contributed by atoms with Crippen molar-refractivity contribution in [3.8, 4) is 5.75 Å². The number of anilines is 1. The average molecular weight is 319 g/mol. The van der Waals surface area contributed by atoms with Crippen molar-refractivity contribution in [2.24, 2.45) is 0 Å². The van der Waals surface area contributed by atoms with Crippen molar-refractivity contribution in [3.05, 3.63) is 24.3 Å². The van der Waals surface area contributed by atoms with Gasteiger partial charge >= 0.3 is 0 Å². The van der Waals surface area contributed by atoms with Gasteiger partial charge in [0.25, 0.3) is 5.91 Å². The highest BCUT2D eigenvalue weighted by Gasteiger charge is 2.32. The fraction of sp³-hybridized carbons (Fsp3) is 0.632. The van der Waals surface area contributed by atoms with Crippen LogP contribution in [-0.4, -0.2) is 24.2 Å². The first-order chi connectivity index (χ1) is 11.1. The predicted octanol–water partition coefficient (Wildman–Crippen LogP) is 4.54. The number of ether oxygens (including phenoxy) is 2. The molecule has 1 aliphatic rings. The Balaban J connectivity index is 1.94. The smallest absolute Gasteiger partial charge is 0.256 e. The van der Waals surface area contributed by atoms with E-state index in [0.717, 1.165) is 30.7 Å². The molecule has 1 aromatic carbocycles. The standard InChI is InChI=1S/C19H29NO3/c1-4-14-19(3,22-5-2)18(21)20-15-10-12-17(13-11-15)23-16-8-6-7-9-16/h10-13,16H,4-9,14H2,1-3H3,(H,20,21)/t19-/m1/s1. The summed E-state index contributed by atoms with van der Waals surface area (Å²) in [6.07, 6.45) is 6.75. The number of carbonyl (C=O) groups excluding carboxylic acids is 1. The van der Waals surface area contributed by atoms with Gasteiger partial charge in [0.05, 0.1) is 6.10 Å². The molecular formula is C19H29NO3. The third-order valence-electron chi connectivity index (χ3n) is 4.39. The Morgan fingerprint density at radius 1 is 1.22 bits per heavy atom. The van der Waals surface area contributed by atoms with E-state index in [2.05, 4.69) is 12.2 Å². The van der Waals surface area contributed by atoms with E-state index in [4.69, 9.17) is 9.47 Å². The Morgan fingerprint density at radius 2 is 1.87 bits per heavy atom. The highest BCUT2D eigenvalue weighted by Crippen LogP contribution is 2.26. The molecule has 4 heteroatoms. The van der Waals surface area contributed by atoms with E-state index in [1.807, 2.05) is 38.1 Å². The molecule has 0 spiro atoms. The van der Waals surface area contributed by atoms with Gasteiger partial charge in [0.15, 0.2) is 0 Å². The number of hydrogen-bond donors (Lipinski definition) is 1. The SMILES string of the molecule is CCC[C@@](C)(OCC)C(=O)Nc1ccc(OC2CCCC2)cc1. The molecule has 1 aliphatic carbocycles. The lowest BCUT2D eigenvalue weighted by atomic mass is 9.99. The molecule has 1 saturated carbocycles. The Kier molecular flexibility index (Phi) is 6.46. The first-order valence-electron chi connectivity index (χ1n) is 8.79. The maximum absolute atomic E-state index is 12.5. The molecule has 0 aromatic heterocycles. The number of benzene rings is 1. The van der Waals surface area contributed by atoms with E-state index in [1.54, 1.807) is 0 Å². The van der Waals surface area contributed by atoms with Crippen LogP contribution in [0.2, 0.25) is 0 Å². The van der Waals surface area contributed by atoms with Crippen molar-refractivity contribution in [2.45, 2.75) is 71.0 Å². The number of carbonyl (C=O) groups is 1. The van der Waals surface area contributed by atoms with Crippen LogP contribution in [0.3, 0.4) is 0 Å². The van der Waals surface area contributed by atoms with E-state index in [0.29, 0.717) is 19.1 Å². The Bertz CT molecular complexity index is 486. The van der Waals surface area contributed by atoms with Gasteiger partial charge in [-0.3, -0.25) is 4.79 Å². The van der Waals surface area contributed by atoms with Gasteiger partial charge in [-0.2, -0.15) is 0 Å². The molecule has 0 radical (unpaired) electrons. The van der Waals surface area contributed by atoms with E-state index >= 15 is 0 Å². The minimum Gasteiger partial charge on any atom is -0.490 e. The quantitative estimate of drug-likeness (QED) is 0.765. The van der Waals surface area contributed by atoms with E-state index < -0.39 is 5.60 Å². The molecule has 0 unspecified atom stereocenters. The van der Waals surface area contributed by atoms with Gasteiger partial charge in [-0.05, 0) is 70.2 Å². The van der Waals surface area contributed by atoms with Crippen LogP contribution in [0.5, 0.6) is 5.75 Å². The molecule has 1 atom stereocenters. The molecule has 1 fully saturated rings. The molecule has 4 nitrogen and oxygen atoms in total. The number of rotatable bonds is 8. The van der Waals surface area contributed by atoms with Crippen LogP contribution in [0.15, 0.2) is 24.3 Å². The molecule has 0 bridgehead atoms. The van der Waals surface area contributed by atoms with Crippen molar-refractivity contribution >= 4 is 11.6 Å². The minimum absolute atomic E-state index is 0.0920. The molecule has 0 saturated heterocycles. The van der Waals surface area contributed by atoms with Gasteiger partial charge in [-0.25, -0.2) is 0 Å². The zero-order valence-corrected chi connectivity index (χ0v) is 14.6. The van der Waals surface area contributed by atoms with Crippen molar-refractivity contribution < 1.29 is 14.3 Å². The Morgan fingerprint density at radius 3 is 2.43 bits per heavy atom. The number of hydrogen-bond acceptors (Lipinski definition) is 3. The fourth-order valence-corrected chi connectivity index (χ4v) is 3.13. The fourth-order valence-electron chi connectivity index (χ4n) is 3.13. The second kappa shape index (κ2) is 8.34. The zero-order valence-electron chi connectivity index (χ0n) is 14.6. The summed E-state index contributed by atoms with van der Waals surface area (Å²) in [5.74, 6) is 0.779. The lowest BCUT2D eigenvalue weighted by Gasteiger charge is -2.27. The van der Waals surface area contributed by atoms with E-state index in [9.17, 15) is 4.79 Å². The minimum atomic E-state index is -0.775. The summed E-state index contributed by atoms with van der Waals surface area (Å²) in [4.78, 5) is 12.5. The molecule has 0 aliphatic heterocycles. The van der Waals surface area contributed by atoms with Crippen molar-refractivity contribution in [1.82, 2.24) is 0 Å². The van der Waals surface area contributed by atoms with Gasteiger partial charge < -0.3 is 14.8 Å². The second-order valence-corrected chi connectivity index (χ2v) is 6.42. The van der Waals surface area contributed by atoms with Crippen LogP contribution in [0.1, 0.15) is 59.3 Å². The largest absolute Gasteiger partial charge is 0.490 e. The third-order valence-corrected chi connectivity index (χ3v) is 4.39. The van der Waals surface area contributed by atoms with E-state index in [-0.39, 0.29) is 5.91 Å². The third kappa shape index (κ3) is 4.96. The molecule has 23 heavy (non-hydrogen) atoms. The summed E-state index contributed by atoms with van der Waals surface area (Å²) in [7, 11) is 0. The van der Waals surface area contributed by atoms with Gasteiger partial charge in [-0.1, -0.05) is 13.3 Å². The van der Waals surface area contributed by atoms with Crippen LogP contribution in [0.25, 0.3) is 0 Å². The van der Waals surface area contributed by atoms with Crippen LogP contribution in [0, 0.1) is 0 Å². The second-order valence-electron chi connectivity index (χ2n) is 6.42. The summed E-state index contributed by atoms with van der Waals surface area (Å²) < 4.78 is 11.6. The molecule has 2 rings (SSSR count). The number of nitrogens with one attached hydrogen (secondary N) is 1. The zero-order chi connectivity index (χ0) is 16.7. The Hall–Kier alpha value is -1.55. The normalized spacial score (nSPS) is 17.7. The molecular weight excluding hydrogens is 290 g/mol. The van der Waals surface area contributed by atoms with Gasteiger partial charge in [0.1, 0.15) is 11.4 Å². The molecule has 1 amide bonds. The van der Waals surface area contributed by atoms with Crippen LogP contribution < -0.4 is 10.1 Å². The molecule has 1 aromatic rings. The van der Waals surface area contributed by atoms with Crippen LogP contribution in [0.4, 0.5) is 5.69 Å². The van der Waals surface area contributed by atoms with Gasteiger partial charge in [-0.15, -0.1) is 0 Å². The highest BCUT2D eigenvalue weighted by atomic mass is 16.5. The summed E-state index contributed by atoms with van der Waals surface area (Å²) in [5.41, 5.74) is -0.00139. The average Bonchev–Trinajstić information content (AvgIpc) is 3.02. The summed E-state index contributed by atoms with van der Waals surface area (Å²) in [5, 5.41) is 2.95. The van der Waals surface area contributed by atoms with Crippen molar-refractivity contribution in [1.29, 1.82) is 0 Å².